The molecule has 0 spiro atoms. The summed E-state index contributed by atoms with van der Waals surface area (Å²) in [4.78, 5) is 13.3. The van der Waals surface area contributed by atoms with Crippen molar-refractivity contribution in [1.29, 1.82) is 0 Å². The topological polar surface area (TPSA) is 64.1 Å². The van der Waals surface area contributed by atoms with Gasteiger partial charge in [0.2, 0.25) is 6.23 Å². The fourth-order valence-electron chi connectivity index (χ4n) is 4.34. The quantitative estimate of drug-likeness (QED) is 0.210. The maximum absolute atomic E-state index is 14.4. The largest absolute Gasteiger partial charge is 0.474 e. The Labute approximate surface area is 209 Å². The number of amidine groups is 1. The first-order valence-electron chi connectivity index (χ1n) is 11.4. The highest BCUT2D eigenvalue weighted by Crippen LogP contribution is 2.47. The minimum absolute atomic E-state index is 0.350. The summed E-state index contributed by atoms with van der Waals surface area (Å²) in [6, 6.07) is 30.7. The molecule has 0 aliphatic carbocycles. The van der Waals surface area contributed by atoms with Gasteiger partial charge in [-0.15, -0.1) is 0 Å². The van der Waals surface area contributed by atoms with Crippen LogP contribution in [0, 0.1) is 0 Å². The molecule has 1 aliphatic rings. The van der Waals surface area contributed by atoms with Gasteiger partial charge < -0.3 is 4.74 Å². The first-order chi connectivity index (χ1) is 17.7. The normalized spacial score (nSPS) is 17.6. The molecule has 8 heteroatoms. The molecule has 180 valence electrons. The van der Waals surface area contributed by atoms with Crippen molar-refractivity contribution in [1.82, 2.24) is 9.55 Å². The third kappa shape index (κ3) is 4.12. The molecule has 5 rings (SSSR count). The van der Waals surface area contributed by atoms with E-state index in [2.05, 4.69) is 58.1 Å². The Balaban J connectivity index is 1.79. The Hall–Kier alpha value is -4.09. The Bertz CT molecular complexity index is 1360. The second-order valence-corrected chi connectivity index (χ2v) is 11.1. The molecule has 2 atom stereocenters. The Morgan fingerprint density at radius 3 is 1.86 bits per heavy atom. The van der Waals surface area contributed by atoms with Gasteiger partial charge in [-0.3, -0.25) is 9.56 Å². The van der Waals surface area contributed by atoms with Crippen molar-refractivity contribution in [3.63, 3.8) is 0 Å². The zero-order chi connectivity index (χ0) is 25.0. The van der Waals surface area contributed by atoms with Gasteiger partial charge in [0.1, 0.15) is 6.33 Å². The lowest BCUT2D eigenvalue weighted by molar-refractivity contribution is 0.0525. The van der Waals surface area contributed by atoms with Crippen molar-refractivity contribution in [3.05, 3.63) is 115 Å². The minimum Gasteiger partial charge on any atom is -0.474 e. The monoisotopic (exact) mass is 497 g/mol. The van der Waals surface area contributed by atoms with Gasteiger partial charge in [-0.05, 0) is 12.8 Å². The first kappa shape index (κ1) is 23.6. The Morgan fingerprint density at radius 1 is 0.917 bits per heavy atom. The van der Waals surface area contributed by atoms with Crippen molar-refractivity contribution in [2.75, 3.05) is 7.05 Å². The van der Waals surface area contributed by atoms with Crippen LogP contribution in [0.3, 0.4) is 0 Å². The minimum atomic E-state index is -2.58. The summed E-state index contributed by atoms with van der Waals surface area (Å²) in [5.74, 6) is 0.755. The van der Waals surface area contributed by atoms with E-state index in [1.165, 1.54) is 23.2 Å². The zero-order valence-corrected chi connectivity index (χ0v) is 20.6. The van der Waals surface area contributed by atoms with Crippen LogP contribution < -0.4 is 15.9 Å². The average Bonchev–Trinajstić information content (AvgIpc) is 3.56. The molecule has 0 bridgehead atoms. The summed E-state index contributed by atoms with van der Waals surface area (Å²) in [6.45, 7) is 3.71. The van der Waals surface area contributed by atoms with E-state index in [9.17, 15) is 4.39 Å². The lowest BCUT2D eigenvalue weighted by Crippen LogP contribution is -2.26. The first-order valence-corrected chi connectivity index (χ1v) is 13.2. The van der Waals surface area contributed by atoms with Crippen molar-refractivity contribution < 1.29 is 9.13 Å². The smallest absolute Gasteiger partial charge is 0.212 e. The van der Waals surface area contributed by atoms with E-state index in [1.807, 2.05) is 54.6 Å². The molecule has 2 heterocycles. The number of hydrogen-bond donors (Lipinski definition) is 0. The predicted molar refractivity (Wildman–Crippen MR) is 146 cm³/mol. The summed E-state index contributed by atoms with van der Waals surface area (Å²) in [5, 5.41) is 3.22. The van der Waals surface area contributed by atoms with Crippen LogP contribution >= 0.6 is 7.05 Å². The van der Waals surface area contributed by atoms with Gasteiger partial charge in [0.25, 0.3) is 0 Å². The van der Waals surface area contributed by atoms with E-state index in [0.717, 1.165) is 15.9 Å². The SMILES string of the molecule is C=Nc1c(C(=NC)N=P(c2ccccc2)(c2ccccc2)c2ccccc2)ncn1[C@@H]1OC=C[C@@H]1F. The number of aromatic nitrogens is 2. The molecular formula is C28H25FN5OP. The third-order valence-electron chi connectivity index (χ3n) is 6.00. The molecule has 36 heavy (non-hydrogen) atoms. The standard InChI is InChI=1S/C28H25FN5OP/c1-30-26(25-27(31-2)34(20-32-25)28-24(29)18-19-35-28)33-36(21-12-6-3-7-13-21,22-14-8-4-9-15-22)23-16-10-5-11-17-23/h3-20,24,28H,2H2,1H3/t24-,28+/m0/s1. The van der Waals surface area contributed by atoms with Crippen molar-refractivity contribution in [3.8, 4) is 0 Å². The summed E-state index contributed by atoms with van der Waals surface area (Å²) >= 11 is 0. The van der Waals surface area contributed by atoms with Crippen LogP contribution in [0.1, 0.15) is 11.9 Å². The lowest BCUT2D eigenvalue weighted by atomic mass is 10.3. The fourth-order valence-corrected chi connectivity index (χ4v) is 7.86. The van der Waals surface area contributed by atoms with Gasteiger partial charge in [0, 0.05) is 23.0 Å². The number of rotatable bonds is 6. The Kier molecular flexibility index (Phi) is 6.74. The van der Waals surface area contributed by atoms with Gasteiger partial charge >= 0.3 is 0 Å². The van der Waals surface area contributed by atoms with E-state index in [0.29, 0.717) is 17.3 Å². The van der Waals surface area contributed by atoms with E-state index in [1.54, 1.807) is 7.05 Å². The van der Waals surface area contributed by atoms with E-state index in [-0.39, 0.29) is 0 Å². The number of benzene rings is 3. The second kappa shape index (κ2) is 10.3. The van der Waals surface area contributed by atoms with Crippen molar-refractivity contribution >= 4 is 41.3 Å². The molecule has 4 aromatic rings. The number of hydrogen-bond acceptors (Lipinski definition) is 4. The lowest BCUT2D eigenvalue weighted by Gasteiger charge is -2.27. The highest BCUT2D eigenvalue weighted by molar-refractivity contribution is 7.87. The summed E-state index contributed by atoms with van der Waals surface area (Å²) < 4.78 is 26.8. The van der Waals surface area contributed by atoms with Crippen LogP contribution in [-0.2, 0) is 4.74 Å². The molecule has 0 saturated heterocycles. The molecule has 0 radical (unpaired) electrons. The van der Waals surface area contributed by atoms with Crippen LogP contribution in [0.5, 0.6) is 0 Å². The van der Waals surface area contributed by atoms with Gasteiger partial charge in [-0.2, -0.15) is 0 Å². The van der Waals surface area contributed by atoms with Crippen LogP contribution in [0.25, 0.3) is 0 Å². The van der Waals surface area contributed by atoms with E-state index in [4.69, 9.17) is 9.48 Å². The second-order valence-electron chi connectivity index (χ2n) is 8.07. The molecule has 0 saturated carbocycles. The van der Waals surface area contributed by atoms with Gasteiger partial charge in [-0.1, -0.05) is 91.0 Å². The number of aliphatic imine (C=N–C) groups is 2. The van der Waals surface area contributed by atoms with Gasteiger partial charge in [0.15, 0.2) is 23.5 Å². The fraction of sp³-hybridized carbons (Fsp3) is 0.107. The summed E-state index contributed by atoms with van der Waals surface area (Å²) in [5.41, 5.74) is 0.419. The number of alkyl halides is 1. The van der Waals surface area contributed by atoms with Crippen LogP contribution in [-0.4, -0.2) is 35.3 Å². The molecule has 0 fully saturated rings. The number of imidazole rings is 1. The number of halogens is 1. The van der Waals surface area contributed by atoms with Gasteiger partial charge in [0.05, 0.1) is 13.3 Å². The van der Waals surface area contributed by atoms with E-state index < -0.39 is 19.5 Å². The molecule has 0 amide bonds. The number of nitrogens with zero attached hydrogens (tertiary/aromatic N) is 5. The average molecular weight is 498 g/mol. The van der Waals surface area contributed by atoms with Crippen LogP contribution in [0.15, 0.2) is 124 Å². The molecule has 6 nitrogen and oxygen atoms in total. The highest BCUT2D eigenvalue weighted by Gasteiger charge is 2.32. The molecule has 1 aliphatic heterocycles. The highest BCUT2D eigenvalue weighted by atomic mass is 31.2. The van der Waals surface area contributed by atoms with Crippen molar-refractivity contribution in [2.45, 2.75) is 12.4 Å². The molecule has 1 aromatic heterocycles. The maximum Gasteiger partial charge on any atom is 0.212 e. The maximum atomic E-state index is 14.4. The predicted octanol–water partition coefficient (Wildman–Crippen LogP) is 5.15. The summed E-state index contributed by atoms with van der Waals surface area (Å²) in [7, 11) is -0.912. The van der Waals surface area contributed by atoms with Crippen LogP contribution in [0.4, 0.5) is 10.2 Å². The molecule has 0 unspecified atom stereocenters. The van der Waals surface area contributed by atoms with Gasteiger partial charge in [-0.25, -0.2) is 19.1 Å². The number of ether oxygens (including phenoxy) is 1. The molecule has 0 N–H and O–H groups in total. The molecular weight excluding hydrogens is 472 g/mol. The zero-order valence-electron chi connectivity index (χ0n) is 19.7. The van der Waals surface area contributed by atoms with Crippen LogP contribution in [0.2, 0.25) is 0 Å². The third-order valence-corrected chi connectivity index (χ3v) is 9.63. The van der Waals surface area contributed by atoms with Crippen molar-refractivity contribution in [2.24, 2.45) is 14.7 Å². The summed E-state index contributed by atoms with van der Waals surface area (Å²) in [6.07, 6.45) is 1.97. The Morgan fingerprint density at radius 2 is 1.44 bits per heavy atom. The van der Waals surface area contributed by atoms with E-state index >= 15 is 0 Å². The molecule has 3 aromatic carbocycles.